The second kappa shape index (κ2) is 5.89. The molecule has 2 unspecified atom stereocenters. The zero-order valence-electron chi connectivity index (χ0n) is 9.77. The van der Waals surface area contributed by atoms with Crippen LogP contribution in [0.1, 0.15) is 24.4 Å². The fourth-order valence-corrected chi connectivity index (χ4v) is 2.38. The molecule has 2 heterocycles. The first-order chi connectivity index (χ1) is 7.56. The molecule has 0 spiro atoms. The average molecular weight is 324 g/mol. The van der Waals surface area contributed by atoms with E-state index in [0.717, 1.165) is 13.1 Å². The van der Waals surface area contributed by atoms with Gasteiger partial charge in [-0.05, 0) is 41.9 Å². The minimum Gasteiger partial charge on any atom is -0.444 e. The number of piperazine rings is 1. The van der Waals surface area contributed by atoms with Gasteiger partial charge in [0.25, 0.3) is 5.91 Å². The van der Waals surface area contributed by atoms with Crippen LogP contribution in [-0.4, -0.2) is 36.0 Å². The number of carbonyl (C=O) groups excluding carboxylic acids is 1. The molecule has 1 N–H and O–H groups in total. The molecule has 96 valence electrons. The van der Waals surface area contributed by atoms with E-state index in [-0.39, 0.29) is 18.3 Å². The van der Waals surface area contributed by atoms with Crippen LogP contribution in [0.4, 0.5) is 0 Å². The molecule has 6 heteroatoms. The monoisotopic (exact) mass is 322 g/mol. The number of rotatable bonds is 1. The van der Waals surface area contributed by atoms with Crippen LogP contribution in [0.5, 0.6) is 0 Å². The van der Waals surface area contributed by atoms with Crippen LogP contribution in [0.2, 0.25) is 0 Å². The van der Waals surface area contributed by atoms with Gasteiger partial charge in [-0.25, -0.2) is 0 Å². The lowest BCUT2D eigenvalue weighted by Crippen LogP contribution is -2.55. The van der Waals surface area contributed by atoms with E-state index in [9.17, 15) is 4.79 Å². The van der Waals surface area contributed by atoms with Gasteiger partial charge in [-0.3, -0.25) is 4.79 Å². The van der Waals surface area contributed by atoms with Gasteiger partial charge in [0.15, 0.2) is 10.4 Å². The van der Waals surface area contributed by atoms with Crippen molar-refractivity contribution in [3.8, 4) is 0 Å². The van der Waals surface area contributed by atoms with E-state index in [1.165, 1.54) is 0 Å². The second-order valence-corrected chi connectivity index (χ2v) is 5.06. The fourth-order valence-electron chi connectivity index (χ4n) is 2.08. The van der Waals surface area contributed by atoms with E-state index in [0.29, 0.717) is 22.5 Å². The van der Waals surface area contributed by atoms with Gasteiger partial charge in [-0.1, -0.05) is 0 Å². The van der Waals surface area contributed by atoms with Gasteiger partial charge in [0.1, 0.15) is 0 Å². The molecular formula is C11H16BrClN2O2. The van der Waals surface area contributed by atoms with E-state index in [4.69, 9.17) is 4.42 Å². The third-order valence-electron chi connectivity index (χ3n) is 2.63. The Morgan fingerprint density at radius 1 is 1.41 bits per heavy atom. The molecule has 1 aliphatic rings. The first-order valence-electron chi connectivity index (χ1n) is 5.37. The summed E-state index contributed by atoms with van der Waals surface area (Å²) in [6.45, 7) is 5.60. The topological polar surface area (TPSA) is 45.5 Å². The maximum Gasteiger partial charge on any atom is 0.289 e. The summed E-state index contributed by atoms with van der Waals surface area (Å²) in [5.41, 5.74) is 0. The Hall–Kier alpha value is -0.520. The Balaban J connectivity index is 0.00000144. The molecular weight excluding hydrogens is 307 g/mol. The van der Waals surface area contributed by atoms with Crippen molar-refractivity contribution in [3.05, 3.63) is 22.6 Å². The molecule has 0 bridgehead atoms. The fraction of sp³-hybridized carbons (Fsp3) is 0.545. The minimum absolute atomic E-state index is 0. The zero-order chi connectivity index (χ0) is 11.7. The summed E-state index contributed by atoms with van der Waals surface area (Å²) in [5.74, 6) is 0.360. The molecule has 2 rings (SSSR count). The summed E-state index contributed by atoms with van der Waals surface area (Å²) < 4.78 is 5.86. The van der Waals surface area contributed by atoms with Crippen molar-refractivity contribution in [2.24, 2.45) is 0 Å². The summed E-state index contributed by atoms with van der Waals surface area (Å²) in [6.07, 6.45) is 0. The molecule has 1 aromatic heterocycles. The summed E-state index contributed by atoms with van der Waals surface area (Å²) >= 11 is 3.20. The van der Waals surface area contributed by atoms with Crippen molar-refractivity contribution in [2.75, 3.05) is 13.1 Å². The Labute approximate surface area is 115 Å². The Morgan fingerprint density at radius 2 is 2.00 bits per heavy atom. The molecule has 1 amide bonds. The quantitative estimate of drug-likeness (QED) is 0.862. The number of hydrogen-bond donors (Lipinski definition) is 1. The number of nitrogens with one attached hydrogen (secondary N) is 1. The molecule has 0 radical (unpaired) electrons. The Morgan fingerprint density at radius 3 is 2.47 bits per heavy atom. The summed E-state index contributed by atoms with van der Waals surface area (Å²) in [6, 6.07) is 4.09. The molecule has 2 atom stereocenters. The van der Waals surface area contributed by atoms with E-state index < -0.39 is 0 Å². The van der Waals surface area contributed by atoms with Gasteiger partial charge in [-0.2, -0.15) is 0 Å². The van der Waals surface area contributed by atoms with Crippen molar-refractivity contribution in [3.63, 3.8) is 0 Å². The maximum absolute atomic E-state index is 12.1. The highest BCUT2D eigenvalue weighted by Crippen LogP contribution is 2.17. The van der Waals surface area contributed by atoms with E-state index >= 15 is 0 Å². The predicted molar refractivity (Wildman–Crippen MR) is 71.6 cm³/mol. The molecule has 0 aromatic carbocycles. The van der Waals surface area contributed by atoms with Crippen molar-refractivity contribution >= 4 is 34.2 Å². The number of carbonyl (C=O) groups is 1. The van der Waals surface area contributed by atoms with Crippen LogP contribution in [-0.2, 0) is 0 Å². The highest BCUT2D eigenvalue weighted by atomic mass is 79.9. The maximum atomic E-state index is 12.1. The van der Waals surface area contributed by atoms with E-state index in [1.54, 1.807) is 12.1 Å². The lowest BCUT2D eigenvalue weighted by atomic mass is 10.1. The predicted octanol–water partition coefficient (Wildman–Crippen LogP) is 2.29. The average Bonchev–Trinajstić information content (AvgIpc) is 2.62. The van der Waals surface area contributed by atoms with Gasteiger partial charge in [0.2, 0.25) is 0 Å². The number of amides is 1. The van der Waals surface area contributed by atoms with Crippen LogP contribution in [0.3, 0.4) is 0 Å². The molecule has 1 aromatic rings. The Bertz CT molecular complexity index is 387. The third-order valence-corrected chi connectivity index (χ3v) is 3.05. The number of nitrogens with zero attached hydrogens (tertiary/aromatic N) is 1. The largest absolute Gasteiger partial charge is 0.444 e. The number of furan rings is 1. The van der Waals surface area contributed by atoms with Crippen LogP contribution in [0, 0.1) is 0 Å². The number of halogens is 2. The van der Waals surface area contributed by atoms with Crippen LogP contribution >= 0.6 is 28.3 Å². The van der Waals surface area contributed by atoms with Gasteiger partial charge in [0, 0.05) is 25.2 Å². The van der Waals surface area contributed by atoms with E-state index in [2.05, 4.69) is 35.1 Å². The first-order valence-corrected chi connectivity index (χ1v) is 6.16. The normalized spacial score (nSPS) is 24.3. The molecule has 1 saturated heterocycles. The molecule has 0 saturated carbocycles. The highest BCUT2D eigenvalue weighted by Gasteiger charge is 2.26. The first kappa shape index (κ1) is 14.5. The van der Waals surface area contributed by atoms with Gasteiger partial charge in [0.05, 0.1) is 0 Å². The van der Waals surface area contributed by atoms with Crippen LogP contribution in [0.25, 0.3) is 0 Å². The molecule has 4 nitrogen and oxygen atoms in total. The summed E-state index contributed by atoms with van der Waals surface area (Å²) in [7, 11) is 0. The lowest BCUT2D eigenvalue weighted by Gasteiger charge is -2.35. The smallest absolute Gasteiger partial charge is 0.289 e. The van der Waals surface area contributed by atoms with Crippen molar-refractivity contribution in [2.45, 2.75) is 25.9 Å². The standard InChI is InChI=1S/C11H15BrN2O2.ClH/c1-7-5-14(6-8(2)13-7)11(15)9-3-4-10(12)16-9;/h3-4,7-8,13H,5-6H2,1-2H3;1H. The van der Waals surface area contributed by atoms with Crippen molar-refractivity contribution in [1.29, 1.82) is 0 Å². The molecule has 0 aliphatic carbocycles. The molecule has 17 heavy (non-hydrogen) atoms. The third kappa shape index (κ3) is 3.47. The zero-order valence-corrected chi connectivity index (χ0v) is 12.2. The van der Waals surface area contributed by atoms with Crippen LogP contribution < -0.4 is 5.32 Å². The SMILES string of the molecule is CC1CN(C(=O)c2ccc(Br)o2)CC(C)N1.Cl. The Kier molecular flexibility index (Phi) is 5.04. The minimum atomic E-state index is -0.0362. The van der Waals surface area contributed by atoms with Crippen molar-refractivity contribution < 1.29 is 9.21 Å². The number of hydrogen-bond acceptors (Lipinski definition) is 3. The van der Waals surface area contributed by atoms with Gasteiger partial charge >= 0.3 is 0 Å². The summed E-state index contributed by atoms with van der Waals surface area (Å²) in [4.78, 5) is 13.9. The van der Waals surface area contributed by atoms with Gasteiger partial charge in [-0.15, -0.1) is 12.4 Å². The molecule has 1 aliphatic heterocycles. The van der Waals surface area contributed by atoms with E-state index in [1.807, 2.05) is 4.90 Å². The second-order valence-electron chi connectivity index (χ2n) is 4.28. The highest BCUT2D eigenvalue weighted by molar-refractivity contribution is 9.10. The molecule has 1 fully saturated rings. The van der Waals surface area contributed by atoms with Crippen LogP contribution in [0.15, 0.2) is 21.2 Å². The van der Waals surface area contributed by atoms with Gasteiger partial charge < -0.3 is 14.6 Å². The lowest BCUT2D eigenvalue weighted by molar-refractivity contribution is 0.0640. The van der Waals surface area contributed by atoms with Crippen molar-refractivity contribution in [1.82, 2.24) is 10.2 Å². The summed E-state index contributed by atoms with van der Waals surface area (Å²) in [5, 5.41) is 3.39.